The molecule has 0 aliphatic carbocycles. The third-order valence-corrected chi connectivity index (χ3v) is 4.36. The molecule has 2 amide bonds. The lowest BCUT2D eigenvalue weighted by Gasteiger charge is -2.30. The summed E-state index contributed by atoms with van der Waals surface area (Å²) in [5.74, 6) is 0.0148. The summed E-state index contributed by atoms with van der Waals surface area (Å²) in [4.78, 5) is 14.0. The summed E-state index contributed by atoms with van der Waals surface area (Å²) < 4.78 is 24.5. The average molecular weight is 327 g/mol. The van der Waals surface area contributed by atoms with Gasteiger partial charge in [0.15, 0.2) is 0 Å². The minimum Gasteiger partial charge on any atom is -0.370 e. The first-order valence-electron chi connectivity index (χ1n) is 7.45. The number of anilines is 2. The number of hydrogen-bond donors (Lipinski definition) is 2. The van der Waals surface area contributed by atoms with Gasteiger partial charge in [-0.25, -0.2) is 9.18 Å². The normalized spacial score (nSPS) is 16.2. The van der Waals surface area contributed by atoms with E-state index in [-0.39, 0.29) is 5.82 Å². The van der Waals surface area contributed by atoms with Crippen LogP contribution in [0.5, 0.6) is 0 Å². The van der Waals surface area contributed by atoms with Crippen LogP contribution in [0, 0.1) is 5.82 Å². The first-order valence-corrected chi connectivity index (χ1v) is 9.18. The van der Waals surface area contributed by atoms with Gasteiger partial charge < -0.3 is 15.5 Å². The van der Waals surface area contributed by atoms with Gasteiger partial charge in [0, 0.05) is 42.4 Å². The second-order valence-corrected chi connectivity index (χ2v) is 6.92. The third kappa shape index (κ3) is 4.98. The lowest BCUT2D eigenvalue weighted by Crippen LogP contribution is -2.34. The van der Waals surface area contributed by atoms with Gasteiger partial charge in [-0.2, -0.15) is 0 Å². The molecule has 1 aliphatic heterocycles. The van der Waals surface area contributed by atoms with E-state index < -0.39 is 16.8 Å². The van der Waals surface area contributed by atoms with Crippen molar-refractivity contribution in [3.63, 3.8) is 0 Å². The topological polar surface area (TPSA) is 61.4 Å². The monoisotopic (exact) mass is 327 g/mol. The van der Waals surface area contributed by atoms with Crippen molar-refractivity contribution in [2.45, 2.75) is 19.3 Å². The predicted octanol–water partition coefficient (Wildman–Crippen LogP) is 2.32. The van der Waals surface area contributed by atoms with Crippen LogP contribution in [0.1, 0.15) is 19.3 Å². The molecule has 0 saturated carbocycles. The Morgan fingerprint density at radius 3 is 2.73 bits per heavy atom. The van der Waals surface area contributed by atoms with E-state index in [0.717, 1.165) is 31.6 Å². The van der Waals surface area contributed by atoms with Gasteiger partial charge in [-0.15, -0.1) is 0 Å². The summed E-state index contributed by atoms with van der Waals surface area (Å²) in [6.07, 6.45) is 4.99. The smallest absolute Gasteiger partial charge is 0.319 e. The largest absolute Gasteiger partial charge is 0.370 e. The fourth-order valence-electron chi connectivity index (χ4n) is 2.49. The van der Waals surface area contributed by atoms with Gasteiger partial charge in [-0.1, -0.05) is 0 Å². The van der Waals surface area contributed by atoms with Gasteiger partial charge >= 0.3 is 6.03 Å². The number of nitrogens with zero attached hydrogens (tertiary/aromatic N) is 1. The predicted molar refractivity (Wildman–Crippen MR) is 88.4 cm³/mol. The maximum absolute atomic E-state index is 13.5. The Hall–Kier alpha value is -1.63. The van der Waals surface area contributed by atoms with Crippen LogP contribution in [0.15, 0.2) is 18.2 Å². The van der Waals surface area contributed by atoms with Gasteiger partial charge in [0.05, 0.1) is 11.4 Å². The molecule has 22 heavy (non-hydrogen) atoms. The summed E-state index contributed by atoms with van der Waals surface area (Å²) in [5, 5.41) is 5.32. The van der Waals surface area contributed by atoms with E-state index in [0.29, 0.717) is 18.0 Å². The molecule has 7 heteroatoms. The molecule has 0 unspecified atom stereocenters. The standard InChI is InChI=1S/C15H22FN3O2S/c1-22(21)10-7-17-15(20)18-13-11-12(16)5-6-14(13)19-8-3-2-4-9-19/h5-6,11H,2-4,7-10H2,1H3,(H2,17,18,20)/t22-/m0/s1. The molecule has 0 radical (unpaired) electrons. The summed E-state index contributed by atoms with van der Waals surface area (Å²) in [7, 11) is -0.951. The first kappa shape index (κ1) is 16.7. The van der Waals surface area contributed by atoms with E-state index >= 15 is 0 Å². The SMILES string of the molecule is C[S@](=O)CCNC(=O)Nc1cc(F)ccc1N1CCCCC1. The Morgan fingerprint density at radius 1 is 1.32 bits per heavy atom. The zero-order chi connectivity index (χ0) is 15.9. The van der Waals surface area contributed by atoms with Crippen LogP contribution in [0.4, 0.5) is 20.6 Å². The summed E-state index contributed by atoms with van der Waals surface area (Å²) >= 11 is 0. The minimum atomic E-state index is -0.951. The molecular formula is C15H22FN3O2S. The first-order chi connectivity index (χ1) is 10.6. The van der Waals surface area contributed by atoms with Gasteiger partial charge in [0.25, 0.3) is 0 Å². The quantitative estimate of drug-likeness (QED) is 0.872. The van der Waals surface area contributed by atoms with Gasteiger partial charge in [0.2, 0.25) is 0 Å². The fourth-order valence-corrected chi connectivity index (χ4v) is 2.88. The van der Waals surface area contributed by atoms with Gasteiger partial charge in [-0.3, -0.25) is 4.21 Å². The number of benzene rings is 1. The molecule has 0 aromatic heterocycles. The number of amides is 2. The molecular weight excluding hydrogens is 305 g/mol. The van der Waals surface area contributed by atoms with Gasteiger partial charge in [-0.05, 0) is 37.5 Å². The lowest BCUT2D eigenvalue weighted by molar-refractivity contribution is 0.252. The lowest BCUT2D eigenvalue weighted by atomic mass is 10.1. The van der Waals surface area contributed by atoms with Crippen molar-refractivity contribution in [2.75, 3.05) is 41.9 Å². The van der Waals surface area contributed by atoms with Crippen molar-refractivity contribution in [1.82, 2.24) is 5.32 Å². The number of nitrogens with one attached hydrogen (secondary N) is 2. The number of carbonyl (C=O) groups excluding carboxylic acids is 1. The van der Waals surface area contributed by atoms with Crippen molar-refractivity contribution in [1.29, 1.82) is 0 Å². The fraction of sp³-hybridized carbons (Fsp3) is 0.533. The Kier molecular flexibility index (Phi) is 6.18. The molecule has 1 fully saturated rings. The van der Waals surface area contributed by atoms with Crippen LogP contribution in [0.2, 0.25) is 0 Å². The Bertz CT molecular complexity index is 548. The molecule has 1 aliphatic rings. The Morgan fingerprint density at radius 2 is 2.05 bits per heavy atom. The number of carbonyl (C=O) groups is 1. The molecule has 1 heterocycles. The maximum Gasteiger partial charge on any atom is 0.319 e. The van der Waals surface area contributed by atoms with Crippen LogP contribution in [0.3, 0.4) is 0 Å². The zero-order valence-electron chi connectivity index (χ0n) is 12.7. The molecule has 2 N–H and O–H groups in total. The highest BCUT2D eigenvalue weighted by atomic mass is 32.2. The van der Waals surface area contributed by atoms with Crippen LogP contribution in [0.25, 0.3) is 0 Å². The Balaban J connectivity index is 2.03. The van der Waals surface area contributed by atoms with Crippen molar-refractivity contribution in [3.8, 4) is 0 Å². The zero-order valence-corrected chi connectivity index (χ0v) is 13.5. The molecule has 2 rings (SSSR count). The molecule has 122 valence electrons. The van der Waals surface area contributed by atoms with E-state index in [1.807, 2.05) is 0 Å². The summed E-state index contributed by atoms with van der Waals surface area (Å²) in [6, 6.07) is 4.04. The highest BCUT2D eigenvalue weighted by Gasteiger charge is 2.16. The highest BCUT2D eigenvalue weighted by Crippen LogP contribution is 2.29. The second-order valence-electron chi connectivity index (χ2n) is 5.37. The van der Waals surface area contributed by atoms with E-state index in [9.17, 15) is 13.4 Å². The maximum atomic E-state index is 13.5. The van der Waals surface area contributed by atoms with Crippen molar-refractivity contribution >= 4 is 28.2 Å². The van der Waals surface area contributed by atoms with E-state index in [2.05, 4.69) is 15.5 Å². The van der Waals surface area contributed by atoms with Crippen LogP contribution < -0.4 is 15.5 Å². The number of piperidine rings is 1. The summed E-state index contributed by atoms with van der Waals surface area (Å²) in [5.41, 5.74) is 1.31. The number of urea groups is 1. The minimum absolute atomic E-state index is 0.323. The molecule has 1 atom stereocenters. The molecule has 1 saturated heterocycles. The molecule has 1 aromatic carbocycles. The van der Waals surface area contributed by atoms with E-state index in [1.54, 1.807) is 12.3 Å². The molecule has 1 aromatic rings. The average Bonchev–Trinajstić information content (AvgIpc) is 2.48. The van der Waals surface area contributed by atoms with Crippen LogP contribution in [-0.2, 0) is 10.8 Å². The van der Waals surface area contributed by atoms with Crippen LogP contribution >= 0.6 is 0 Å². The third-order valence-electron chi connectivity index (χ3n) is 3.58. The van der Waals surface area contributed by atoms with Crippen molar-refractivity contribution in [2.24, 2.45) is 0 Å². The molecule has 0 bridgehead atoms. The second kappa shape index (κ2) is 8.12. The van der Waals surface area contributed by atoms with Crippen molar-refractivity contribution < 1.29 is 13.4 Å². The highest BCUT2D eigenvalue weighted by molar-refractivity contribution is 7.84. The number of hydrogen-bond acceptors (Lipinski definition) is 3. The van der Waals surface area contributed by atoms with Gasteiger partial charge in [0.1, 0.15) is 5.82 Å². The molecule has 5 nitrogen and oxygen atoms in total. The van der Waals surface area contributed by atoms with E-state index in [1.165, 1.54) is 18.6 Å². The summed E-state index contributed by atoms with van der Waals surface area (Å²) in [6.45, 7) is 2.15. The Labute approximate surface area is 132 Å². The molecule has 0 spiro atoms. The number of halogens is 1. The number of rotatable bonds is 5. The van der Waals surface area contributed by atoms with E-state index in [4.69, 9.17) is 0 Å². The van der Waals surface area contributed by atoms with Crippen LogP contribution in [-0.4, -0.2) is 41.9 Å². The van der Waals surface area contributed by atoms with Crippen molar-refractivity contribution in [3.05, 3.63) is 24.0 Å².